The first-order chi connectivity index (χ1) is 18.4. The minimum Gasteiger partial charge on any atom is -0.483 e. The molecular formula is C29H30N4O4S. The zero-order valence-electron chi connectivity index (χ0n) is 21.5. The Kier molecular flexibility index (Phi) is 7.55. The molecule has 3 aromatic carbocycles. The van der Waals surface area contributed by atoms with Crippen molar-refractivity contribution in [2.24, 2.45) is 0 Å². The van der Waals surface area contributed by atoms with Gasteiger partial charge in [-0.2, -0.15) is 0 Å². The lowest BCUT2D eigenvalue weighted by Crippen LogP contribution is -2.25. The number of thioether (sulfide) groups is 1. The summed E-state index contributed by atoms with van der Waals surface area (Å²) < 4.78 is 12.2. The molecule has 3 atom stereocenters. The molecule has 0 radical (unpaired) electrons. The number of carbonyl (C=O) groups is 2. The third-order valence-electron chi connectivity index (χ3n) is 6.40. The van der Waals surface area contributed by atoms with E-state index in [1.54, 1.807) is 0 Å². The van der Waals surface area contributed by atoms with Gasteiger partial charge in [-0.25, -0.2) is 4.98 Å². The maximum Gasteiger partial charge on any atom is 0.286 e. The highest BCUT2D eigenvalue weighted by atomic mass is 32.2. The zero-order chi connectivity index (χ0) is 26.6. The quantitative estimate of drug-likeness (QED) is 0.212. The number of ether oxygens (including phenoxy) is 2. The molecule has 9 heteroatoms. The van der Waals surface area contributed by atoms with Gasteiger partial charge in [0.2, 0.25) is 5.91 Å². The van der Waals surface area contributed by atoms with Crippen molar-refractivity contribution in [1.29, 1.82) is 0 Å². The minimum atomic E-state index is -0.386. The standard InChI is InChI=1S/C29H30N4O4S/c1-4-17(2)30-20-7-11-22(12-8-20)37-23-13-14-24-25(16-23)32-27(31-24)18(3)36-21-9-5-19(6-10-21)15-26-28(34)33-29(35)38-26/h5-14,16-18,26,30H,4,15H2,1-3H3,(H,31,32)(H,33,34,35). The maximum absolute atomic E-state index is 11.8. The molecular weight excluding hydrogens is 500 g/mol. The molecule has 1 saturated heterocycles. The van der Waals surface area contributed by atoms with Gasteiger partial charge in [0, 0.05) is 17.8 Å². The number of aromatic nitrogens is 2. The smallest absolute Gasteiger partial charge is 0.286 e. The van der Waals surface area contributed by atoms with Crippen molar-refractivity contribution < 1.29 is 19.1 Å². The predicted octanol–water partition coefficient (Wildman–Crippen LogP) is 6.60. The Morgan fingerprint density at radius 1 is 0.974 bits per heavy atom. The third kappa shape index (κ3) is 6.11. The molecule has 0 aliphatic carbocycles. The first-order valence-corrected chi connectivity index (χ1v) is 13.6. The average molecular weight is 531 g/mol. The van der Waals surface area contributed by atoms with Gasteiger partial charge < -0.3 is 19.8 Å². The monoisotopic (exact) mass is 530 g/mol. The highest BCUT2D eigenvalue weighted by Crippen LogP contribution is 2.29. The van der Waals surface area contributed by atoms with E-state index in [4.69, 9.17) is 9.47 Å². The molecule has 4 aromatic rings. The van der Waals surface area contributed by atoms with E-state index in [2.05, 4.69) is 34.4 Å². The van der Waals surface area contributed by atoms with Crippen LogP contribution in [0.5, 0.6) is 17.2 Å². The van der Waals surface area contributed by atoms with Gasteiger partial charge in [0.25, 0.3) is 5.24 Å². The summed E-state index contributed by atoms with van der Waals surface area (Å²) in [5.41, 5.74) is 3.72. The predicted molar refractivity (Wildman–Crippen MR) is 150 cm³/mol. The van der Waals surface area contributed by atoms with Gasteiger partial charge in [0.05, 0.1) is 16.3 Å². The summed E-state index contributed by atoms with van der Waals surface area (Å²) in [6, 6.07) is 21.7. The molecule has 0 saturated carbocycles. The molecule has 1 aliphatic rings. The number of anilines is 1. The van der Waals surface area contributed by atoms with E-state index in [0.29, 0.717) is 24.0 Å². The zero-order valence-corrected chi connectivity index (χ0v) is 22.3. The molecule has 0 bridgehead atoms. The number of amides is 2. The molecule has 3 unspecified atom stereocenters. The number of imidazole rings is 1. The van der Waals surface area contributed by atoms with Gasteiger partial charge in [0.1, 0.15) is 23.1 Å². The van der Waals surface area contributed by atoms with Crippen LogP contribution in [-0.2, 0) is 11.2 Å². The summed E-state index contributed by atoms with van der Waals surface area (Å²) in [5, 5.41) is 5.09. The van der Waals surface area contributed by atoms with Crippen LogP contribution >= 0.6 is 11.8 Å². The lowest BCUT2D eigenvalue weighted by Gasteiger charge is -2.13. The number of hydrogen-bond donors (Lipinski definition) is 3. The number of nitrogens with one attached hydrogen (secondary N) is 3. The molecule has 2 heterocycles. The third-order valence-corrected chi connectivity index (χ3v) is 7.38. The van der Waals surface area contributed by atoms with Crippen molar-refractivity contribution in [3.63, 3.8) is 0 Å². The van der Waals surface area contributed by atoms with Crippen molar-refractivity contribution in [3.05, 3.63) is 78.1 Å². The van der Waals surface area contributed by atoms with E-state index in [1.807, 2.05) is 73.7 Å². The summed E-state index contributed by atoms with van der Waals surface area (Å²) in [6.45, 7) is 6.25. The first kappa shape index (κ1) is 25.7. The van der Waals surface area contributed by atoms with E-state index < -0.39 is 0 Å². The summed E-state index contributed by atoms with van der Waals surface area (Å²) >= 11 is 1.03. The molecule has 38 heavy (non-hydrogen) atoms. The average Bonchev–Trinajstić information content (AvgIpc) is 3.48. The highest BCUT2D eigenvalue weighted by Gasteiger charge is 2.31. The van der Waals surface area contributed by atoms with E-state index in [1.165, 1.54) is 0 Å². The van der Waals surface area contributed by atoms with Crippen molar-refractivity contribution in [1.82, 2.24) is 15.3 Å². The molecule has 8 nitrogen and oxygen atoms in total. The molecule has 2 amide bonds. The Bertz CT molecular complexity index is 1440. The summed E-state index contributed by atoms with van der Waals surface area (Å²) in [4.78, 5) is 31.2. The summed E-state index contributed by atoms with van der Waals surface area (Å²) in [7, 11) is 0. The number of rotatable bonds is 10. The Morgan fingerprint density at radius 2 is 1.68 bits per heavy atom. The number of nitrogens with zero attached hydrogens (tertiary/aromatic N) is 1. The maximum atomic E-state index is 11.8. The van der Waals surface area contributed by atoms with Crippen molar-refractivity contribution in [2.45, 2.75) is 51.0 Å². The van der Waals surface area contributed by atoms with E-state index >= 15 is 0 Å². The van der Waals surface area contributed by atoms with Crippen LogP contribution in [0.2, 0.25) is 0 Å². The van der Waals surface area contributed by atoms with Gasteiger partial charge in [0.15, 0.2) is 6.10 Å². The fraction of sp³-hybridized carbons (Fsp3) is 0.276. The van der Waals surface area contributed by atoms with Crippen LogP contribution in [0.4, 0.5) is 10.5 Å². The van der Waals surface area contributed by atoms with Gasteiger partial charge in [-0.05, 0) is 80.8 Å². The van der Waals surface area contributed by atoms with E-state index in [0.717, 1.165) is 52.0 Å². The van der Waals surface area contributed by atoms with Crippen LogP contribution < -0.4 is 20.1 Å². The van der Waals surface area contributed by atoms with Crippen molar-refractivity contribution >= 4 is 39.6 Å². The lowest BCUT2D eigenvalue weighted by molar-refractivity contribution is -0.118. The molecule has 5 rings (SSSR count). The van der Waals surface area contributed by atoms with Gasteiger partial charge in [-0.1, -0.05) is 30.8 Å². The number of aromatic amines is 1. The SMILES string of the molecule is CCC(C)Nc1ccc(Oc2ccc3nc(C(C)Oc4ccc(CC5SC(=O)NC5=O)cc4)[nH]c3c2)cc1. The minimum absolute atomic E-state index is 0.236. The molecule has 1 aliphatic heterocycles. The number of imide groups is 1. The van der Waals surface area contributed by atoms with Gasteiger partial charge >= 0.3 is 0 Å². The van der Waals surface area contributed by atoms with Crippen LogP contribution in [0, 0.1) is 0 Å². The normalized spacial score (nSPS) is 16.8. The molecule has 1 aromatic heterocycles. The second-order valence-corrected chi connectivity index (χ2v) is 10.5. The molecule has 1 fully saturated rings. The van der Waals surface area contributed by atoms with E-state index in [-0.39, 0.29) is 22.5 Å². The van der Waals surface area contributed by atoms with Crippen molar-refractivity contribution in [3.8, 4) is 17.2 Å². The highest BCUT2D eigenvalue weighted by molar-refractivity contribution is 8.15. The number of carbonyl (C=O) groups excluding carboxylic acids is 2. The number of hydrogen-bond acceptors (Lipinski definition) is 7. The fourth-order valence-electron chi connectivity index (χ4n) is 4.11. The first-order valence-electron chi connectivity index (χ1n) is 12.7. The lowest BCUT2D eigenvalue weighted by atomic mass is 10.1. The fourth-order valence-corrected chi connectivity index (χ4v) is 4.97. The molecule has 0 spiro atoms. The Morgan fingerprint density at radius 3 is 2.37 bits per heavy atom. The second kappa shape index (κ2) is 11.2. The van der Waals surface area contributed by atoms with Gasteiger partial charge in [-0.3, -0.25) is 14.9 Å². The van der Waals surface area contributed by atoms with Crippen LogP contribution in [0.25, 0.3) is 11.0 Å². The number of benzene rings is 3. The topological polar surface area (TPSA) is 105 Å². The molecule has 3 N–H and O–H groups in total. The largest absolute Gasteiger partial charge is 0.483 e. The summed E-state index contributed by atoms with van der Waals surface area (Å²) in [5.74, 6) is 2.64. The molecule has 196 valence electrons. The van der Waals surface area contributed by atoms with Crippen LogP contribution in [0.1, 0.15) is 44.7 Å². The Hall–Kier alpha value is -3.98. The van der Waals surface area contributed by atoms with Crippen LogP contribution in [0.15, 0.2) is 66.7 Å². The number of fused-ring (bicyclic) bond motifs is 1. The van der Waals surface area contributed by atoms with Crippen molar-refractivity contribution in [2.75, 3.05) is 5.32 Å². The van der Waals surface area contributed by atoms with Gasteiger partial charge in [-0.15, -0.1) is 0 Å². The van der Waals surface area contributed by atoms with Crippen LogP contribution in [-0.4, -0.2) is 32.4 Å². The Balaban J connectivity index is 1.20. The second-order valence-electron chi connectivity index (χ2n) is 9.37. The summed E-state index contributed by atoms with van der Waals surface area (Å²) in [6.07, 6.45) is 1.24. The number of H-pyrrole nitrogens is 1. The van der Waals surface area contributed by atoms with Crippen LogP contribution in [0.3, 0.4) is 0 Å². The Labute approximate surface area is 225 Å². The van der Waals surface area contributed by atoms with E-state index in [9.17, 15) is 9.59 Å².